The third-order valence-electron chi connectivity index (χ3n) is 4.10. The van der Waals surface area contributed by atoms with Crippen molar-refractivity contribution in [1.82, 2.24) is 5.32 Å². The van der Waals surface area contributed by atoms with Crippen LogP contribution in [0.5, 0.6) is 0 Å². The Morgan fingerprint density at radius 2 is 2.15 bits per heavy atom. The summed E-state index contributed by atoms with van der Waals surface area (Å²) < 4.78 is 25.5. The lowest BCUT2D eigenvalue weighted by molar-refractivity contribution is -0.124. The predicted octanol–water partition coefficient (Wildman–Crippen LogP) is 2.91. The van der Waals surface area contributed by atoms with E-state index < -0.39 is 15.8 Å². The van der Waals surface area contributed by atoms with Gasteiger partial charge >= 0.3 is 0 Å². The van der Waals surface area contributed by atoms with E-state index in [4.69, 9.17) is 0 Å². The molecule has 2 heterocycles. The van der Waals surface area contributed by atoms with Gasteiger partial charge in [-0.15, -0.1) is 23.1 Å². The maximum Gasteiger partial charge on any atom is 0.225 e. The van der Waals surface area contributed by atoms with E-state index in [2.05, 4.69) is 10.6 Å². The molecule has 0 fully saturated rings. The minimum atomic E-state index is -3.66. The first-order chi connectivity index (χ1) is 12.8. The van der Waals surface area contributed by atoms with Crippen molar-refractivity contribution in [2.24, 2.45) is 5.92 Å². The first kappa shape index (κ1) is 19.9. The zero-order chi connectivity index (χ0) is 19.4. The number of benzene rings is 1. The van der Waals surface area contributed by atoms with Gasteiger partial charge in [0.05, 0.1) is 22.9 Å². The summed E-state index contributed by atoms with van der Waals surface area (Å²) in [6.45, 7) is 1.99. The lowest BCUT2D eigenvalue weighted by atomic mass is 10.2. The Bertz CT molecular complexity index is 940. The van der Waals surface area contributed by atoms with Gasteiger partial charge in [0.25, 0.3) is 0 Å². The second-order valence-corrected chi connectivity index (χ2v) is 10.5. The molecular weight excluding hydrogens is 404 g/mol. The van der Waals surface area contributed by atoms with Crippen molar-refractivity contribution in [1.29, 1.82) is 0 Å². The molecule has 0 aliphatic carbocycles. The van der Waals surface area contributed by atoms with Crippen LogP contribution in [0.3, 0.4) is 0 Å². The number of rotatable bonds is 6. The molecule has 3 rings (SSSR count). The van der Waals surface area contributed by atoms with Gasteiger partial charge in [0.15, 0.2) is 9.84 Å². The lowest BCUT2D eigenvalue weighted by Crippen LogP contribution is -2.32. The molecule has 1 aromatic carbocycles. The number of fused-ring (bicyclic) bond motifs is 1. The Labute approximate surface area is 166 Å². The molecule has 9 heteroatoms. The van der Waals surface area contributed by atoms with Crippen LogP contribution in [0.25, 0.3) is 0 Å². The monoisotopic (exact) mass is 424 g/mol. The van der Waals surface area contributed by atoms with Crippen LogP contribution in [0, 0.1) is 5.92 Å². The van der Waals surface area contributed by atoms with Crippen molar-refractivity contribution in [3.63, 3.8) is 0 Å². The van der Waals surface area contributed by atoms with E-state index in [1.165, 1.54) is 35.2 Å². The van der Waals surface area contributed by atoms with E-state index in [1.54, 1.807) is 13.0 Å². The second-order valence-electron chi connectivity index (χ2n) is 6.28. The van der Waals surface area contributed by atoms with Gasteiger partial charge in [-0.25, -0.2) is 8.42 Å². The lowest BCUT2D eigenvalue weighted by Gasteiger charge is -2.14. The predicted molar refractivity (Wildman–Crippen MR) is 108 cm³/mol. The Kier molecular flexibility index (Phi) is 6.23. The van der Waals surface area contributed by atoms with Gasteiger partial charge in [-0.3, -0.25) is 9.59 Å². The van der Waals surface area contributed by atoms with Crippen LogP contribution in [-0.4, -0.2) is 31.7 Å². The fourth-order valence-corrected chi connectivity index (χ4v) is 5.81. The Morgan fingerprint density at radius 1 is 1.33 bits per heavy atom. The van der Waals surface area contributed by atoms with Gasteiger partial charge in [0.1, 0.15) is 0 Å². The van der Waals surface area contributed by atoms with E-state index in [9.17, 15) is 18.0 Å². The number of thiophene rings is 1. The van der Waals surface area contributed by atoms with Crippen LogP contribution < -0.4 is 10.6 Å². The van der Waals surface area contributed by atoms with Crippen LogP contribution in [0.15, 0.2) is 45.5 Å². The van der Waals surface area contributed by atoms with Crippen molar-refractivity contribution >= 4 is 50.4 Å². The summed E-state index contributed by atoms with van der Waals surface area (Å²) in [5.74, 6) is -0.740. The van der Waals surface area contributed by atoms with Crippen LogP contribution in [0.4, 0.5) is 5.69 Å². The average Bonchev–Trinajstić information content (AvgIpc) is 3.06. The average molecular weight is 425 g/mol. The van der Waals surface area contributed by atoms with E-state index in [0.29, 0.717) is 24.4 Å². The van der Waals surface area contributed by atoms with Gasteiger partial charge in [-0.1, -0.05) is 13.0 Å². The molecule has 1 aliphatic rings. The number of amides is 2. The number of hydrogen-bond acceptors (Lipinski definition) is 6. The summed E-state index contributed by atoms with van der Waals surface area (Å²) in [7, 11) is -3.66. The molecule has 2 amide bonds. The topological polar surface area (TPSA) is 92.3 Å². The maximum atomic E-state index is 12.7. The van der Waals surface area contributed by atoms with Crippen molar-refractivity contribution in [3.05, 3.63) is 40.6 Å². The number of sulfone groups is 1. The smallest absolute Gasteiger partial charge is 0.225 e. The van der Waals surface area contributed by atoms with Crippen molar-refractivity contribution in [3.8, 4) is 0 Å². The van der Waals surface area contributed by atoms with Gasteiger partial charge in [0, 0.05) is 27.9 Å². The minimum Gasteiger partial charge on any atom is -0.351 e. The molecular formula is C18H20N2O4S3. The Balaban J connectivity index is 1.68. The largest absolute Gasteiger partial charge is 0.351 e. The molecule has 1 atom stereocenters. The molecule has 0 bridgehead atoms. The van der Waals surface area contributed by atoms with E-state index in [-0.39, 0.29) is 22.5 Å². The van der Waals surface area contributed by atoms with Gasteiger partial charge in [-0.05, 0) is 29.6 Å². The van der Waals surface area contributed by atoms with Gasteiger partial charge in [-0.2, -0.15) is 0 Å². The zero-order valence-corrected chi connectivity index (χ0v) is 17.2. The number of carbonyl (C=O) groups is 2. The van der Waals surface area contributed by atoms with Crippen molar-refractivity contribution < 1.29 is 18.0 Å². The number of hydrogen-bond donors (Lipinski definition) is 2. The normalized spacial score (nSPS) is 15.4. The highest BCUT2D eigenvalue weighted by molar-refractivity contribution is 7.99. The highest BCUT2D eigenvalue weighted by Crippen LogP contribution is 2.33. The van der Waals surface area contributed by atoms with Crippen LogP contribution in [0.1, 0.15) is 18.2 Å². The summed E-state index contributed by atoms with van der Waals surface area (Å²) in [5.41, 5.74) is 0.512. The molecule has 1 aromatic heterocycles. The second kappa shape index (κ2) is 8.45. The highest BCUT2D eigenvalue weighted by atomic mass is 32.2. The standard InChI is InChI=1S/C18H20N2O4S3/c1-12(18(22)19-10-13-3-2-7-25-13)11-27(23,24)14-4-5-16-15(9-14)20-17(21)6-8-26-16/h2-5,7,9,12H,6,8,10-11H2,1H3,(H,19,22)(H,20,21)/t12-/m0/s1. The summed E-state index contributed by atoms with van der Waals surface area (Å²) >= 11 is 3.05. The SMILES string of the molecule is C[C@@H](CS(=O)(=O)c1ccc2c(c1)NC(=O)CCS2)C(=O)NCc1cccs1. The zero-order valence-electron chi connectivity index (χ0n) is 14.7. The molecule has 0 spiro atoms. The molecule has 2 N–H and O–H groups in total. The molecule has 1 aliphatic heterocycles. The van der Waals surface area contributed by atoms with E-state index >= 15 is 0 Å². The summed E-state index contributed by atoms with van der Waals surface area (Å²) in [6.07, 6.45) is 0.392. The molecule has 0 saturated heterocycles. The number of carbonyl (C=O) groups excluding carboxylic acids is 2. The fraction of sp³-hybridized carbons (Fsp3) is 0.333. The maximum absolute atomic E-state index is 12.7. The van der Waals surface area contributed by atoms with Crippen molar-refractivity contribution in [2.45, 2.75) is 29.7 Å². The van der Waals surface area contributed by atoms with Crippen LogP contribution >= 0.6 is 23.1 Å². The Morgan fingerprint density at radius 3 is 2.89 bits per heavy atom. The van der Waals surface area contributed by atoms with E-state index in [0.717, 1.165) is 9.77 Å². The van der Waals surface area contributed by atoms with Crippen LogP contribution in [-0.2, 0) is 26.0 Å². The van der Waals surface area contributed by atoms with E-state index in [1.807, 2.05) is 17.5 Å². The van der Waals surface area contributed by atoms with Crippen LogP contribution in [0.2, 0.25) is 0 Å². The molecule has 0 saturated carbocycles. The Hall–Kier alpha value is -1.84. The van der Waals surface area contributed by atoms with Gasteiger partial charge in [0.2, 0.25) is 11.8 Å². The molecule has 0 unspecified atom stereocenters. The first-order valence-electron chi connectivity index (χ1n) is 8.45. The fourth-order valence-electron chi connectivity index (χ4n) is 2.66. The minimum absolute atomic E-state index is 0.113. The molecule has 0 radical (unpaired) electrons. The van der Waals surface area contributed by atoms with Gasteiger partial charge < -0.3 is 10.6 Å². The highest BCUT2D eigenvalue weighted by Gasteiger charge is 2.25. The van der Waals surface area contributed by atoms with Crippen molar-refractivity contribution in [2.75, 3.05) is 16.8 Å². The molecule has 6 nitrogen and oxygen atoms in total. The molecule has 27 heavy (non-hydrogen) atoms. The molecule has 144 valence electrons. The third-order valence-corrected chi connectivity index (χ3v) is 7.97. The summed E-state index contributed by atoms with van der Waals surface area (Å²) in [4.78, 5) is 25.9. The first-order valence-corrected chi connectivity index (χ1v) is 12.0. The number of anilines is 1. The summed E-state index contributed by atoms with van der Waals surface area (Å²) in [6, 6.07) is 8.54. The third kappa shape index (κ3) is 5.12. The quantitative estimate of drug-likeness (QED) is 0.744. The molecule has 2 aromatic rings. The number of thioether (sulfide) groups is 1. The number of nitrogens with one attached hydrogen (secondary N) is 2. The summed E-state index contributed by atoms with van der Waals surface area (Å²) in [5, 5.41) is 7.44.